The van der Waals surface area contributed by atoms with Crippen LogP contribution in [0.3, 0.4) is 0 Å². The van der Waals surface area contributed by atoms with Crippen LogP contribution in [0.25, 0.3) is 0 Å². The van der Waals surface area contributed by atoms with Crippen LogP contribution in [0.1, 0.15) is 96.8 Å². The molecule has 0 nitrogen and oxygen atoms in total. The molecule has 0 amide bonds. The molecule has 1 heteroatoms. The highest BCUT2D eigenvalue weighted by Gasteiger charge is 2.19. The van der Waals surface area contributed by atoms with E-state index < -0.39 is 0 Å². The lowest BCUT2D eigenvalue weighted by molar-refractivity contribution is 0.536. The molecule has 0 bridgehead atoms. The summed E-state index contributed by atoms with van der Waals surface area (Å²) in [4.78, 5) is 0. The molecule has 1 saturated carbocycles. The molecule has 0 aromatic heterocycles. The lowest BCUT2D eigenvalue weighted by Gasteiger charge is -2.09. The van der Waals surface area contributed by atoms with Gasteiger partial charge in [0.1, 0.15) is 0 Å². The van der Waals surface area contributed by atoms with Crippen LogP contribution in [0.4, 0.5) is 0 Å². The molecule has 0 aliphatic heterocycles. The predicted molar refractivity (Wildman–Crippen MR) is 87.3 cm³/mol. The minimum atomic E-state index is 0.892. The van der Waals surface area contributed by atoms with Gasteiger partial charge < -0.3 is 0 Å². The molecular weight excluding hydrogens is 235 g/mol. The Morgan fingerprint density at radius 2 is 1.39 bits per heavy atom. The van der Waals surface area contributed by atoms with Crippen molar-refractivity contribution in [3.05, 3.63) is 0 Å². The molecule has 1 aliphatic carbocycles. The number of hydrogen-bond donors (Lipinski definition) is 0. The second-order valence-electron chi connectivity index (χ2n) is 6.40. The van der Waals surface area contributed by atoms with Crippen LogP contribution in [-0.2, 0) is 0 Å². The molecule has 18 heavy (non-hydrogen) atoms. The first kappa shape index (κ1) is 16.5. The van der Waals surface area contributed by atoms with Crippen molar-refractivity contribution in [2.24, 2.45) is 5.92 Å². The fraction of sp³-hybridized carbons (Fsp3) is 1.00. The summed E-state index contributed by atoms with van der Waals surface area (Å²) in [6.45, 7) is 2.29. The molecule has 0 N–H and O–H groups in total. The topological polar surface area (TPSA) is 0 Å². The van der Waals surface area contributed by atoms with Crippen molar-refractivity contribution in [3.8, 4) is 0 Å². The molecule has 0 aromatic carbocycles. The molecule has 0 saturated heterocycles. The fourth-order valence-corrected chi connectivity index (χ4v) is 3.21. The van der Waals surface area contributed by atoms with E-state index in [1.807, 2.05) is 0 Å². The van der Waals surface area contributed by atoms with Crippen LogP contribution in [0, 0.1) is 5.92 Å². The molecule has 1 rings (SSSR count). The summed E-state index contributed by atoms with van der Waals surface area (Å²) in [5.41, 5.74) is 0.892. The second-order valence-corrected chi connectivity index (χ2v) is 7.34. The van der Waals surface area contributed by atoms with Gasteiger partial charge in [0, 0.05) is 0 Å². The first-order valence-electron chi connectivity index (χ1n) is 8.58. The third-order valence-corrected chi connectivity index (χ3v) is 4.98. The maximum Gasteiger partial charge on any atom is -0.0264 e. The van der Waals surface area contributed by atoms with Gasteiger partial charge in [-0.2, -0.15) is 0 Å². The zero-order chi connectivity index (χ0) is 13.1. The summed E-state index contributed by atoms with van der Waals surface area (Å²) >= 11 is 0. The molecule has 0 radical (unpaired) electrons. The van der Waals surface area contributed by atoms with E-state index in [2.05, 4.69) is 16.2 Å². The first-order chi connectivity index (χ1) is 8.83. The third-order valence-electron chi connectivity index (χ3n) is 4.31. The van der Waals surface area contributed by atoms with E-state index >= 15 is 0 Å². The smallest absolute Gasteiger partial charge is 0.0264 e. The lowest BCUT2D eigenvalue weighted by Crippen LogP contribution is -1.97. The largest absolute Gasteiger partial charge is 0.134 e. The monoisotopic (exact) mass is 270 g/mol. The molecule has 0 spiro atoms. The normalized spacial score (nSPS) is 17.0. The lowest BCUT2D eigenvalue weighted by atomic mass is 10.0. The predicted octanol–water partition coefficient (Wildman–Crippen LogP) is 6.34. The summed E-state index contributed by atoms with van der Waals surface area (Å²) in [7, 11) is 3.04. The molecule has 2 atom stereocenters. The van der Waals surface area contributed by atoms with Crippen molar-refractivity contribution >= 4 is 9.24 Å². The van der Waals surface area contributed by atoms with E-state index in [0.717, 1.165) is 11.6 Å². The van der Waals surface area contributed by atoms with Crippen molar-refractivity contribution in [2.45, 2.75) is 102 Å². The Hall–Kier alpha value is 0.430. The second kappa shape index (κ2) is 11.3. The highest BCUT2D eigenvalue weighted by atomic mass is 31.0. The van der Waals surface area contributed by atoms with E-state index in [0.29, 0.717) is 0 Å². The van der Waals surface area contributed by atoms with Crippen LogP contribution in [-0.4, -0.2) is 5.66 Å². The van der Waals surface area contributed by atoms with Gasteiger partial charge in [0.15, 0.2) is 0 Å². The average molecular weight is 270 g/mol. The van der Waals surface area contributed by atoms with Gasteiger partial charge in [-0.05, 0) is 24.4 Å². The van der Waals surface area contributed by atoms with Crippen LogP contribution in [0.2, 0.25) is 0 Å². The number of unbranched alkanes of at least 4 members (excludes halogenated alkanes) is 7. The van der Waals surface area contributed by atoms with E-state index in [1.54, 1.807) is 0 Å². The third kappa shape index (κ3) is 10.4. The van der Waals surface area contributed by atoms with Gasteiger partial charge in [0.05, 0.1) is 0 Å². The summed E-state index contributed by atoms with van der Waals surface area (Å²) < 4.78 is 0. The zero-order valence-corrected chi connectivity index (χ0v) is 13.8. The van der Waals surface area contributed by atoms with Crippen LogP contribution >= 0.6 is 9.24 Å². The van der Waals surface area contributed by atoms with Gasteiger partial charge in [-0.1, -0.05) is 84.0 Å². The molecule has 0 aromatic rings. The Labute approximate surface area is 118 Å². The van der Waals surface area contributed by atoms with Crippen LogP contribution < -0.4 is 0 Å². The van der Waals surface area contributed by atoms with Gasteiger partial charge in [-0.25, -0.2) is 0 Å². The Bertz CT molecular complexity index is 174. The molecule has 2 unspecified atom stereocenters. The number of hydrogen-bond acceptors (Lipinski definition) is 0. The molecule has 1 aliphatic rings. The number of rotatable bonds is 13. The summed E-state index contributed by atoms with van der Waals surface area (Å²) in [6, 6.07) is 0. The van der Waals surface area contributed by atoms with Gasteiger partial charge in [0.25, 0.3) is 0 Å². The van der Waals surface area contributed by atoms with Gasteiger partial charge in [-0.15, -0.1) is 9.24 Å². The fourth-order valence-electron chi connectivity index (χ4n) is 2.74. The van der Waals surface area contributed by atoms with E-state index in [1.165, 1.54) is 89.9 Å². The maximum atomic E-state index is 3.04. The maximum absolute atomic E-state index is 3.04. The van der Waals surface area contributed by atoms with E-state index in [9.17, 15) is 0 Å². The van der Waals surface area contributed by atoms with Crippen molar-refractivity contribution in [2.75, 3.05) is 0 Å². The molecule has 1 fully saturated rings. The van der Waals surface area contributed by atoms with Crippen molar-refractivity contribution in [1.29, 1.82) is 0 Å². The highest BCUT2D eigenvalue weighted by molar-refractivity contribution is 7.17. The standard InChI is InChI=1S/C17H35P/c1-2-3-12-17(18)13-10-8-6-4-5-7-9-11-16-14-15-16/h16-17H,2-15,18H2,1H3. The molecule has 108 valence electrons. The zero-order valence-electron chi connectivity index (χ0n) is 12.6. The first-order valence-corrected chi connectivity index (χ1v) is 9.25. The SMILES string of the molecule is CCCCC(P)CCCCCCCCCC1CC1. The van der Waals surface area contributed by atoms with Crippen molar-refractivity contribution in [1.82, 2.24) is 0 Å². The highest BCUT2D eigenvalue weighted by Crippen LogP contribution is 2.34. The van der Waals surface area contributed by atoms with E-state index in [4.69, 9.17) is 0 Å². The van der Waals surface area contributed by atoms with Gasteiger partial charge in [0.2, 0.25) is 0 Å². The molecule has 0 heterocycles. The minimum Gasteiger partial charge on any atom is -0.134 e. The van der Waals surface area contributed by atoms with Gasteiger partial charge in [-0.3, -0.25) is 0 Å². The Morgan fingerprint density at radius 1 is 0.833 bits per heavy atom. The summed E-state index contributed by atoms with van der Waals surface area (Å²) in [6.07, 6.45) is 20.6. The Balaban J connectivity index is 1.69. The van der Waals surface area contributed by atoms with Crippen molar-refractivity contribution < 1.29 is 0 Å². The summed E-state index contributed by atoms with van der Waals surface area (Å²) in [5.74, 6) is 1.15. The molecular formula is C17H35P. The van der Waals surface area contributed by atoms with Gasteiger partial charge >= 0.3 is 0 Å². The Kier molecular flexibility index (Phi) is 10.3. The minimum absolute atomic E-state index is 0.892. The van der Waals surface area contributed by atoms with E-state index in [-0.39, 0.29) is 0 Å². The Morgan fingerprint density at radius 3 is 2.00 bits per heavy atom. The quantitative estimate of drug-likeness (QED) is 0.270. The van der Waals surface area contributed by atoms with Crippen LogP contribution in [0.5, 0.6) is 0 Å². The summed E-state index contributed by atoms with van der Waals surface area (Å²) in [5, 5.41) is 0. The van der Waals surface area contributed by atoms with Crippen LogP contribution in [0.15, 0.2) is 0 Å². The average Bonchev–Trinajstić information content (AvgIpc) is 3.18. The van der Waals surface area contributed by atoms with Crippen molar-refractivity contribution in [3.63, 3.8) is 0 Å².